The van der Waals surface area contributed by atoms with E-state index in [4.69, 9.17) is 9.72 Å². The maximum Gasteiger partial charge on any atom is 0.227 e. The van der Waals surface area contributed by atoms with E-state index in [1.54, 1.807) is 18.4 Å². The van der Waals surface area contributed by atoms with Crippen LogP contribution in [-0.2, 0) is 11.2 Å². The summed E-state index contributed by atoms with van der Waals surface area (Å²) < 4.78 is 6.36. The maximum absolute atomic E-state index is 12.8. The van der Waals surface area contributed by atoms with Crippen molar-refractivity contribution in [1.29, 1.82) is 0 Å². The molecule has 2 aromatic carbocycles. The quantitative estimate of drug-likeness (QED) is 0.706. The van der Waals surface area contributed by atoms with Crippen LogP contribution in [0.4, 0.5) is 0 Å². The summed E-state index contributed by atoms with van der Waals surface area (Å²) in [5.41, 5.74) is 2.04. The number of thiazole rings is 1. The normalized spacial score (nSPS) is 17.2. The van der Waals surface area contributed by atoms with Crippen molar-refractivity contribution in [2.75, 3.05) is 13.7 Å². The molecule has 0 spiro atoms. The third-order valence-corrected chi connectivity index (χ3v) is 5.82. The number of carbonyl (C=O) groups excluding carboxylic acids is 1. The van der Waals surface area contributed by atoms with E-state index in [1.165, 1.54) is 4.70 Å². The molecule has 1 aromatic heterocycles. The number of para-hydroxylation sites is 1. The van der Waals surface area contributed by atoms with Gasteiger partial charge in [-0.05, 0) is 42.7 Å². The Morgan fingerprint density at radius 3 is 2.80 bits per heavy atom. The third kappa shape index (κ3) is 3.24. The van der Waals surface area contributed by atoms with Gasteiger partial charge in [-0.25, -0.2) is 4.98 Å². The lowest BCUT2D eigenvalue weighted by atomic mass is 10.1. The summed E-state index contributed by atoms with van der Waals surface area (Å²) in [4.78, 5) is 19.6. The van der Waals surface area contributed by atoms with Crippen LogP contribution in [0.25, 0.3) is 10.2 Å². The van der Waals surface area contributed by atoms with Gasteiger partial charge in [0.25, 0.3) is 0 Å². The van der Waals surface area contributed by atoms with Crippen molar-refractivity contribution in [2.45, 2.75) is 25.3 Å². The van der Waals surface area contributed by atoms with Gasteiger partial charge in [0.2, 0.25) is 5.91 Å². The maximum atomic E-state index is 12.8. The van der Waals surface area contributed by atoms with Gasteiger partial charge in [-0.1, -0.05) is 24.3 Å². The zero-order chi connectivity index (χ0) is 17.2. The van der Waals surface area contributed by atoms with E-state index in [0.29, 0.717) is 6.42 Å². The molecule has 0 radical (unpaired) electrons. The van der Waals surface area contributed by atoms with Crippen LogP contribution < -0.4 is 4.74 Å². The van der Waals surface area contributed by atoms with Crippen molar-refractivity contribution in [3.05, 3.63) is 59.1 Å². The number of fused-ring (bicyclic) bond motifs is 1. The van der Waals surface area contributed by atoms with Crippen molar-refractivity contribution in [3.8, 4) is 5.75 Å². The molecule has 4 rings (SSSR count). The molecule has 1 saturated heterocycles. The number of methoxy groups -OCH3 is 1. The fraction of sp³-hybridized carbons (Fsp3) is 0.300. The number of benzene rings is 2. The van der Waals surface area contributed by atoms with Crippen molar-refractivity contribution in [2.24, 2.45) is 0 Å². The van der Waals surface area contributed by atoms with Gasteiger partial charge in [0.05, 0.1) is 29.8 Å². The Bertz CT molecular complexity index is 855. The number of ether oxygens (including phenoxy) is 1. The molecule has 0 N–H and O–H groups in total. The fourth-order valence-electron chi connectivity index (χ4n) is 3.37. The van der Waals surface area contributed by atoms with Crippen LogP contribution in [0, 0.1) is 0 Å². The number of hydrogen-bond donors (Lipinski definition) is 0. The van der Waals surface area contributed by atoms with Crippen molar-refractivity contribution in [3.63, 3.8) is 0 Å². The first-order valence-corrected chi connectivity index (χ1v) is 9.34. The minimum atomic E-state index is 0.114. The highest BCUT2D eigenvalue weighted by molar-refractivity contribution is 7.18. The smallest absolute Gasteiger partial charge is 0.227 e. The Balaban J connectivity index is 1.52. The summed E-state index contributed by atoms with van der Waals surface area (Å²) in [7, 11) is 1.65. The van der Waals surface area contributed by atoms with Gasteiger partial charge in [0.1, 0.15) is 10.8 Å². The molecular weight excluding hydrogens is 332 g/mol. The van der Waals surface area contributed by atoms with Crippen molar-refractivity contribution in [1.82, 2.24) is 9.88 Å². The lowest BCUT2D eigenvalue weighted by Gasteiger charge is -2.23. The van der Waals surface area contributed by atoms with Gasteiger partial charge in [-0.2, -0.15) is 0 Å². The highest BCUT2D eigenvalue weighted by Crippen LogP contribution is 2.36. The predicted octanol–water partition coefficient (Wildman–Crippen LogP) is 4.21. The molecule has 5 heteroatoms. The lowest BCUT2D eigenvalue weighted by molar-refractivity contribution is -0.131. The predicted molar refractivity (Wildman–Crippen MR) is 100 cm³/mol. The summed E-state index contributed by atoms with van der Waals surface area (Å²) in [5.74, 6) is 0.983. The van der Waals surface area contributed by atoms with Crippen LogP contribution in [0.1, 0.15) is 29.5 Å². The second-order valence-electron chi connectivity index (χ2n) is 6.29. The van der Waals surface area contributed by atoms with Gasteiger partial charge in [0, 0.05) is 6.54 Å². The zero-order valence-electron chi connectivity index (χ0n) is 14.1. The Hall–Kier alpha value is -2.40. The highest BCUT2D eigenvalue weighted by Gasteiger charge is 2.32. The SMILES string of the molecule is COc1ccc(CC(=O)N2CCC[C@H]2c2nc3ccccc3s2)cc1. The number of rotatable bonds is 4. The zero-order valence-corrected chi connectivity index (χ0v) is 15.0. The van der Waals surface area contributed by atoms with E-state index in [-0.39, 0.29) is 11.9 Å². The molecule has 25 heavy (non-hydrogen) atoms. The van der Waals surface area contributed by atoms with Gasteiger partial charge >= 0.3 is 0 Å². The Morgan fingerprint density at radius 2 is 2.04 bits per heavy atom. The standard InChI is InChI=1S/C20H20N2O2S/c1-24-15-10-8-14(9-11-15)13-19(23)22-12-4-6-17(22)20-21-16-5-2-3-7-18(16)25-20/h2-3,5,7-11,17H,4,6,12-13H2,1H3/t17-/m0/s1. The molecular formula is C20H20N2O2S. The van der Waals surface area contributed by atoms with Crippen molar-refractivity contribution >= 4 is 27.5 Å². The molecule has 0 unspecified atom stereocenters. The number of nitrogens with zero attached hydrogens (tertiary/aromatic N) is 2. The van der Waals surface area contributed by atoms with Gasteiger partial charge in [0.15, 0.2) is 0 Å². The number of aromatic nitrogens is 1. The molecule has 2 heterocycles. The van der Waals surface area contributed by atoms with Gasteiger partial charge in [-0.15, -0.1) is 11.3 Å². The number of hydrogen-bond acceptors (Lipinski definition) is 4. The highest BCUT2D eigenvalue weighted by atomic mass is 32.1. The van der Waals surface area contributed by atoms with E-state index in [2.05, 4.69) is 6.07 Å². The van der Waals surface area contributed by atoms with Crippen LogP contribution in [0.5, 0.6) is 5.75 Å². The summed E-state index contributed by atoms with van der Waals surface area (Å²) in [6.45, 7) is 0.815. The van der Waals surface area contributed by atoms with Gasteiger partial charge in [-0.3, -0.25) is 4.79 Å². The van der Waals surface area contributed by atoms with E-state index >= 15 is 0 Å². The molecule has 1 fully saturated rings. The fourth-order valence-corrected chi connectivity index (χ4v) is 4.49. The summed E-state index contributed by atoms with van der Waals surface area (Å²) in [6.07, 6.45) is 2.45. The monoisotopic (exact) mass is 352 g/mol. The molecule has 3 aromatic rings. The average Bonchev–Trinajstić information content (AvgIpc) is 3.28. The second kappa shape index (κ2) is 6.84. The summed E-state index contributed by atoms with van der Waals surface area (Å²) in [6, 6.07) is 16.0. The van der Waals surface area contributed by atoms with E-state index in [1.807, 2.05) is 47.4 Å². The Kier molecular flexibility index (Phi) is 4.40. The van der Waals surface area contributed by atoms with Crippen LogP contribution in [-0.4, -0.2) is 29.4 Å². The molecule has 128 valence electrons. The Labute approximate surface area is 151 Å². The van der Waals surface area contributed by atoms with Crippen LogP contribution in [0.3, 0.4) is 0 Å². The van der Waals surface area contributed by atoms with E-state index in [9.17, 15) is 4.79 Å². The molecule has 1 atom stereocenters. The first-order valence-electron chi connectivity index (χ1n) is 8.52. The first-order chi connectivity index (χ1) is 12.2. The number of carbonyl (C=O) groups is 1. The minimum absolute atomic E-state index is 0.114. The molecule has 4 nitrogen and oxygen atoms in total. The first kappa shape index (κ1) is 16.1. The lowest BCUT2D eigenvalue weighted by Crippen LogP contribution is -2.31. The largest absolute Gasteiger partial charge is 0.497 e. The molecule has 1 amide bonds. The van der Waals surface area contributed by atoms with Crippen LogP contribution in [0.15, 0.2) is 48.5 Å². The molecule has 0 bridgehead atoms. The van der Waals surface area contributed by atoms with E-state index in [0.717, 1.165) is 41.2 Å². The topological polar surface area (TPSA) is 42.4 Å². The van der Waals surface area contributed by atoms with Crippen molar-refractivity contribution < 1.29 is 9.53 Å². The summed E-state index contributed by atoms with van der Waals surface area (Å²) in [5, 5.41) is 1.06. The molecule has 0 saturated carbocycles. The van der Waals surface area contributed by atoms with Crippen LogP contribution in [0.2, 0.25) is 0 Å². The average molecular weight is 352 g/mol. The molecule has 0 aliphatic carbocycles. The number of amides is 1. The van der Waals surface area contributed by atoms with E-state index < -0.39 is 0 Å². The number of likely N-dealkylation sites (tertiary alicyclic amines) is 1. The summed E-state index contributed by atoms with van der Waals surface area (Å²) >= 11 is 1.71. The second-order valence-corrected chi connectivity index (χ2v) is 7.35. The third-order valence-electron chi connectivity index (χ3n) is 4.68. The Morgan fingerprint density at radius 1 is 1.24 bits per heavy atom. The molecule has 1 aliphatic rings. The van der Waals surface area contributed by atoms with Crippen LogP contribution >= 0.6 is 11.3 Å². The van der Waals surface area contributed by atoms with Gasteiger partial charge < -0.3 is 9.64 Å². The minimum Gasteiger partial charge on any atom is -0.497 e. The molecule has 1 aliphatic heterocycles.